The van der Waals surface area contributed by atoms with E-state index >= 15 is 0 Å². The minimum absolute atomic E-state index is 0.188. The number of carbonyl (C=O) groups is 1. The summed E-state index contributed by atoms with van der Waals surface area (Å²) in [6.07, 6.45) is 1.86. The lowest BCUT2D eigenvalue weighted by molar-refractivity contribution is 0.0221. The van der Waals surface area contributed by atoms with Crippen molar-refractivity contribution in [2.45, 2.75) is 58.2 Å². The highest BCUT2D eigenvalue weighted by Crippen LogP contribution is 2.47. The van der Waals surface area contributed by atoms with E-state index in [0.717, 1.165) is 35.1 Å². The summed E-state index contributed by atoms with van der Waals surface area (Å²) in [7, 11) is -2.40. The van der Waals surface area contributed by atoms with Gasteiger partial charge < -0.3 is 9.64 Å². The van der Waals surface area contributed by atoms with Crippen LogP contribution in [0.5, 0.6) is 0 Å². The number of fused-ring (bicyclic) bond motifs is 1. The van der Waals surface area contributed by atoms with E-state index in [4.69, 9.17) is 4.74 Å². The molecule has 3 rings (SSSR count). The maximum absolute atomic E-state index is 12.3. The molecule has 0 saturated carbocycles. The minimum Gasteiger partial charge on any atom is -0.444 e. The molecule has 2 aliphatic heterocycles. The number of amides is 1. The summed E-state index contributed by atoms with van der Waals surface area (Å²) in [5.74, 6) is 0.877. The average Bonchev–Trinajstić information content (AvgIpc) is 2.82. The van der Waals surface area contributed by atoms with Crippen LogP contribution < -0.4 is 0 Å². The monoisotopic (exact) mass is 435 g/mol. The fourth-order valence-electron chi connectivity index (χ4n) is 3.33. The standard InChI is InChI=1S/C16H26BrN3O4S/c1-16(2,3)24-15(21)19-7-4-13-12(10-19)14(17)18-20(13)11-5-8-25(22,23)9-6-11/h11,22-23H,4-10H2,1-3H3. The second kappa shape index (κ2) is 6.75. The van der Waals surface area contributed by atoms with Gasteiger partial charge >= 0.3 is 6.09 Å². The average molecular weight is 436 g/mol. The number of hydrogen-bond acceptors (Lipinski definition) is 5. The predicted octanol–water partition coefficient (Wildman–Crippen LogP) is 4.02. The fourth-order valence-corrected chi connectivity index (χ4v) is 5.36. The molecular formula is C16H26BrN3O4S. The van der Waals surface area contributed by atoms with Gasteiger partial charge in [-0.3, -0.25) is 13.8 Å². The Morgan fingerprint density at radius 3 is 2.56 bits per heavy atom. The number of aromatic nitrogens is 2. The van der Waals surface area contributed by atoms with Crippen molar-refractivity contribution in [3.63, 3.8) is 0 Å². The van der Waals surface area contributed by atoms with Gasteiger partial charge in [0, 0.05) is 35.7 Å². The summed E-state index contributed by atoms with van der Waals surface area (Å²) >= 11 is 3.53. The Morgan fingerprint density at radius 1 is 1.32 bits per heavy atom. The smallest absolute Gasteiger partial charge is 0.410 e. The van der Waals surface area contributed by atoms with Gasteiger partial charge in [-0.05, 0) is 49.5 Å². The van der Waals surface area contributed by atoms with Crippen LogP contribution in [0, 0.1) is 0 Å². The SMILES string of the molecule is CC(C)(C)OC(=O)N1CCc2c(c(Br)nn2C2CCS(O)(O)CC2)C1. The zero-order valence-electron chi connectivity index (χ0n) is 14.9. The summed E-state index contributed by atoms with van der Waals surface area (Å²) < 4.78 is 27.9. The highest BCUT2D eigenvalue weighted by atomic mass is 79.9. The van der Waals surface area contributed by atoms with E-state index < -0.39 is 16.2 Å². The van der Waals surface area contributed by atoms with E-state index in [1.54, 1.807) is 4.90 Å². The molecule has 9 heteroatoms. The lowest BCUT2D eigenvalue weighted by atomic mass is 10.1. The van der Waals surface area contributed by atoms with Crippen LogP contribution in [-0.4, -0.2) is 53.5 Å². The summed E-state index contributed by atoms with van der Waals surface area (Å²) in [5, 5.41) is 4.63. The van der Waals surface area contributed by atoms with Gasteiger partial charge in [0.25, 0.3) is 0 Å². The summed E-state index contributed by atoms with van der Waals surface area (Å²) in [5.41, 5.74) is 1.65. The van der Waals surface area contributed by atoms with Crippen molar-refractivity contribution < 1.29 is 18.6 Å². The summed E-state index contributed by atoms with van der Waals surface area (Å²) in [4.78, 5) is 14.0. The molecule has 0 spiro atoms. The highest BCUT2D eigenvalue weighted by molar-refractivity contribution is 9.10. The molecule has 7 nitrogen and oxygen atoms in total. The molecule has 2 aliphatic rings. The van der Waals surface area contributed by atoms with Crippen molar-refractivity contribution in [1.82, 2.24) is 14.7 Å². The number of ether oxygens (including phenoxy) is 1. The van der Waals surface area contributed by atoms with E-state index in [9.17, 15) is 13.9 Å². The molecule has 0 unspecified atom stereocenters. The molecule has 2 N–H and O–H groups in total. The van der Waals surface area contributed by atoms with E-state index in [1.807, 2.05) is 25.5 Å². The van der Waals surface area contributed by atoms with Crippen molar-refractivity contribution in [3.05, 3.63) is 15.9 Å². The number of carbonyl (C=O) groups excluding carboxylic acids is 1. The first kappa shape index (κ1) is 19.0. The van der Waals surface area contributed by atoms with Crippen molar-refractivity contribution in [1.29, 1.82) is 0 Å². The molecule has 1 saturated heterocycles. The molecule has 1 fully saturated rings. The molecule has 1 amide bonds. The zero-order chi connectivity index (χ0) is 18.4. The van der Waals surface area contributed by atoms with E-state index in [1.165, 1.54) is 0 Å². The van der Waals surface area contributed by atoms with Gasteiger partial charge in [-0.1, -0.05) is 0 Å². The van der Waals surface area contributed by atoms with E-state index in [2.05, 4.69) is 21.0 Å². The van der Waals surface area contributed by atoms with Crippen LogP contribution in [0.3, 0.4) is 0 Å². The van der Waals surface area contributed by atoms with E-state index in [-0.39, 0.29) is 12.1 Å². The van der Waals surface area contributed by atoms with Gasteiger partial charge in [0.15, 0.2) is 0 Å². The maximum Gasteiger partial charge on any atom is 0.410 e. The number of halogens is 1. The highest BCUT2D eigenvalue weighted by Gasteiger charge is 2.33. The van der Waals surface area contributed by atoms with Gasteiger partial charge in [0.2, 0.25) is 0 Å². The lowest BCUT2D eigenvalue weighted by Crippen LogP contribution is -2.40. The number of hydrogen-bond donors (Lipinski definition) is 2. The second-order valence-electron chi connectivity index (χ2n) is 7.75. The largest absolute Gasteiger partial charge is 0.444 e. The Bertz CT molecular complexity index is 661. The van der Waals surface area contributed by atoms with Crippen molar-refractivity contribution in [2.75, 3.05) is 18.1 Å². The fraction of sp³-hybridized carbons (Fsp3) is 0.750. The molecular weight excluding hydrogens is 410 g/mol. The van der Waals surface area contributed by atoms with Crippen molar-refractivity contribution >= 4 is 32.6 Å². The van der Waals surface area contributed by atoms with Gasteiger partial charge in [0.05, 0.1) is 12.6 Å². The third-order valence-corrected chi connectivity index (χ3v) is 7.01. The van der Waals surface area contributed by atoms with Gasteiger partial charge in [-0.25, -0.2) is 4.79 Å². The summed E-state index contributed by atoms with van der Waals surface area (Å²) in [6.45, 7) is 6.67. The minimum atomic E-state index is -2.40. The van der Waals surface area contributed by atoms with Crippen molar-refractivity contribution in [2.24, 2.45) is 0 Å². The molecule has 3 heterocycles. The van der Waals surface area contributed by atoms with Crippen LogP contribution in [-0.2, 0) is 17.7 Å². The van der Waals surface area contributed by atoms with E-state index in [0.29, 0.717) is 24.6 Å². The topological polar surface area (TPSA) is 87.8 Å². The van der Waals surface area contributed by atoms with Gasteiger partial charge in [-0.15, -0.1) is 0 Å². The molecule has 0 atom stereocenters. The van der Waals surface area contributed by atoms with Crippen LogP contribution >= 0.6 is 26.5 Å². The Labute approximate surface area is 158 Å². The Balaban J connectivity index is 1.74. The molecule has 0 aromatic carbocycles. The Hall–Kier alpha value is -0.770. The molecule has 0 aliphatic carbocycles. The summed E-state index contributed by atoms with van der Waals surface area (Å²) in [6, 6.07) is 0.188. The van der Waals surface area contributed by atoms with Crippen molar-refractivity contribution in [3.8, 4) is 0 Å². The number of rotatable bonds is 1. The second-order valence-corrected chi connectivity index (χ2v) is 10.9. The molecule has 25 heavy (non-hydrogen) atoms. The first-order valence-corrected chi connectivity index (χ1v) is 11.2. The number of nitrogens with zero attached hydrogens (tertiary/aromatic N) is 3. The van der Waals surface area contributed by atoms with Crippen LogP contribution in [0.25, 0.3) is 0 Å². The Morgan fingerprint density at radius 2 is 1.96 bits per heavy atom. The molecule has 0 radical (unpaired) electrons. The van der Waals surface area contributed by atoms with Gasteiger partial charge in [-0.2, -0.15) is 15.7 Å². The Kier molecular flexibility index (Phi) is 5.13. The first-order valence-electron chi connectivity index (χ1n) is 8.53. The zero-order valence-corrected chi connectivity index (χ0v) is 17.3. The molecule has 0 bridgehead atoms. The predicted molar refractivity (Wildman–Crippen MR) is 101 cm³/mol. The molecule has 142 valence electrons. The third-order valence-electron chi connectivity index (χ3n) is 4.59. The lowest BCUT2D eigenvalue weighted by Gasteiger charge is -2.39. The van der Waals surface area contributed by atoms with Gasteiger partial charge in [0.1, 0.15) is 10.2 Å². The molecule has 1 aromatic rings. The quantitative estimate of drug-likeness (QED) is 0.694. The first-order chi connectivity index (χ1) is 11.6. The third kappa shape index (κ3) is 4.32. The van der Waals surface area contributed by atoms with Crippen LogP contribution in [0.15, 0.2) is 4.60 Å². The molecule has 1 aromatic heterocycles. The van der Waals surface area contributed by atoms with Crippen LogP contribution in [0.4, 0.5) is 4.79 Å². The normalized spacial score (nSPS) is 22.4. The van der Waals surface area contributed by atoms with Crippen LogP contribution in [0.1, 0.15) is 50.9 Å². The maximum atomic E-state index is 12.3. The van der Waals surface area contributed by atoms with Crippen LogP contribution in [0.2, 0.25) is 0 Å².